The van der Waals surface area contributed by atoms with Gasteiger partial charge >= 0.3 is 10.3 Å². The minimum Gasteiger partial charge on any atom is -0.365 e. The van der Waals surface area contributed by atoms with Crippen molar-refractivity contribution in [2.24, 2.45) is 11.1 Å². The Morgan fingerprint density at radius 2 is 2.00 bits per heavy atom. The second kappa shape index (κ2) is 8.27. The molecule has 0 amide bonds. The Hall–Kier alpha value is -2.20. The van der Waals surface area contributed by atoms with E-state index in [1.54, 1.807) is 6.33 Å². The molecule has 1 saturated carbocycles. The largest absolute Gasteiger partial charge is 0.365 e. The van der Waals surface area contributed by atoms with Gasteiger partial charge in [-0.25, -0.2) is 15.1 Å². The second-order valence-electron chi connectivity index (χ2n) is 7.27. The van der Waals surface area contributed by atoms with Crippen LogP contribution in [0.1, 0.15) is 30.9 Å². The number of hydrogen-bond donors (Lipinski definition) is 2. The maximum absolute atomic E-state index is 11.0. The first-order valence-corrected chi connectivity index (χ1v) is 11.2. The van der Waals surface area contributed by atoms with Gasteiger partial charge in [0.15, 0.2) is 0 Å². The van der Waals surface area contributed by atoms with Gasteiger partial charge in [0.25, 0.3) is 0 Å². The minimum absolute atomic E-state index is 0.122. The minimum atomic E-state index is -3.90. The van der Waals surface area contributed by atoms with Gasteiger partial charge in [-0.2, -0.15) is 8.42 Å². The maximum Gasteiger partial charge on any atom is 0.333 e. The molecular weight excluding hydrogens is 414 g/mol. The highest BCUT2D eigenvalue weighted by molar-refractivity contribution is 7.84. The van der Waals surface area contributed by atoms with E-state index >= 15 is 0 Å². The number of fused-ring (bicyclic) bond motifs is 1. The highest BCUT2D eigenvalue weighted by Gasteiger charge is 2.28. The average Bonchev–Trinajstić information content (AvgIpc) is 3.32. The van der Waals surface area contributed by atoms with Gasteiger partial charge in [0.1, 0.15) is 17.8 Å². The number of hydrogen-bond acceptors (Lipinski definition) is 6. The van der Waals surface area contributed by atoms with E-state index in [9.17, 15) is 8.42 Å². The van der Waals surface area contributed by atoms with Crippen LogP contribution in [-0.4, -0.2) is 29.6 Å². The Labute approximate surface area is 174 Å². The average molecular weight is 436 g/mol. The summed E-state index contributed by atoms with van der Waals surface area (Å²) in [5, 5.41) is 9.95. The van der Waals surface area contributed by atoms with Crippen molar-refractivity contribution < 1.29 is 12.6 Å². The van der Waals surface area contributed by atoms with Crippen LogP contribution in [0, 0.1) is 5.92 Å². The molecule has 10 heteroatoms. The van der Waals surface area contributed by atoms with Crippen molar-refractivity contribution >= 4 is 38.8 Å². The van der Waals surface area contributed by atoms with Crippen LogP contribution >= 0.6 is 11.6 Å². The smallest absolute Gasteiger partial charge is 0.333 e. The van der Waals surface area contributed by atoms with Crippen molar-refractivity contribution in [1.29, 1.82) is 0 Å². The van der Waals surface area contributed by atoms with Crippen molar-refractivity contribution in [3.8, 4) is 0 Å². The van der Waals surface area contributed by atoms with Crippen LogP contribution < -0.4 is 10.5 Å². The van der Waals surface area contributed by atoms with Crippen molar-refractivity contribution in [2.75, 3.05) is 11.9 Å². The molecule has 2 heterocycles. The van der Waals surface area contributed by atoms with E-state index in [2.05, 4.69) is 19.9 Å². The summed E-state index contributed by atoms with van der Waals surface area (Å²) >= 11 is 5.94. The van der Waals surface area contributed by atoms with E-state index < -0.39 is 10.3 Å². The first-order chi connectivity index (χ1) is 13.9. The number of nitrogens with two attached hydrogens (primary N) is 1. The zero-order valence-corrected chi connectivity index (χ0v) is 17.2. The van der Waals surface area contributed by atoms with Gasteiger partial charge in [-0.05, 0) is 48.9 Å². The molecule has 1 fully saturated rings. The number of halogens is 1. The van der Waals surface area contributed by atoms with Gasteiger partial charge in [-0.1, -0.05) is 23.7 Å². The molecular formula is C19H22ClN5O3S. The summed E-state index contributed by atoms with van der Waals surface area (Å²) in [5.74, 6) is 0.927. The summed E-state index contributed by atoms with van der Waals surface area (Å²) in [6, 6.07) is 9.91. The molecule has 1 aliphatic carbocycles. The molecule has 29 heavy (non-hydrogen) atoms. The summed E-state index contributed by atoms with van der Waals surface area (Å²) in [5.41, 5.74) is 1.96. The van der Waals surface area contributed by atoms with Crippen LogP contribution in [-0.2, 0) is 21.0 Å². The first-order valence-electron chi connectivity index (χ1n) is 9.36. The Morgan fingerprint density at radius 1 is 1.21 bits per heavy atom. The summed E-state index contributed by atoms with van der Waals surface area (Å²) in [4.78, 5) is 8.86. The van der Waals surface area contributed by atoms with E-state index in [4.69, 9.17) is 20.9 Å². The Morgan fingerprint density at radius 3 is 2.76 bits per heavy atom. The summed E-state index contributed by atoms with van der Waals surface area (Å²) in [6.45, 7) is 0.752. The quantitative estimate of drug-likeness (QED) is 0.589. The molecule has 0 spiro atoms. The lowest BCUT2D eigenvalue weighted by molar-refractivity contribution is 0.253. The fourth-order valence-electron chi connectivity index (χ4n) is 3.84. The zero-order valence-electron chi connectivity index (χ0n) is 15.7. The fraction of sp³-hybridized carbons (Fsp3) is 0.368. The van der Waals surface area contributed by atoms with Crippen molar-refractivity contribution in [3.63, 3.8) is 0 Å². The Bertz CT molecular complexity index is 1100. The van der Waals surface area contributed by atoms with Gasteiger partial charge < -0.3 is 9.88 Å². The normalized spacial score (nSPS) is 19.7. The van der Waals surface area contributed by atoms with Crippen molar-refractivity contribution in [2.45, 2.75) is 31.8 Å². The van der Waals surface area contributed by atoms with E-state index in [0.717, 1.165) is 41.7 Å². The summed E-state index contributed by atoms with van der Waals surface area (Å²) < 4.78 is 28.9. The van der Waals surface area contributed by atoms with Crippen LogP contribution in [0.3, 0.4) is 0 Å². The highest BCUT2D eigenvalue weighted by atomic mass is 35.5. The first kappa shape index (κ1) is 20.1. The third kappa shape index (κ3) is 4.87. The molecule has 3 aromatic rings. The number of anilines is 1. The van der Waals surface area contributed by atoms with Crippen LogP contribution in [0.25, 0.3) is 11.0 Å². The lowest BCUT2D eigenvalue weighted by Gasteiger charge is -2.14. The fourth-order valence-corrected chi connectivity index (χ4v) is 4.35. The SMILES string of the molecule is NS(=O)(=O)OC[C@H]1CCC(n2ccc3c(NCc4ccc(Cl)cc4)ncnc32)C1. The summed E-state index contributed by atoms with van der Waals surface area (Å²) in [7, 11) is -3.90. The predicted octanol–water partition coefficient (Wildman–Crippen LogP) is 3.26. The van der Waals surface area contributed by atoms with Crippen LogP contribution in [0.4, 0.5) is 5.82 Å². The van der Waals surface area contributed by atoms with E-state index in [0.29, 0.717) is 11.6 Å². The van der Waals surface area contributed by atoms with Crippen LogP contribution in [0.5, 0.6) is 0 Å². The highest BCUT2D eigenvalue weighted by Crippen LogP contribution is 2.37. The van der Waals surface area contributed by atoms with E-state index in [1.807, 2.05) is 36.5 Å². The number of aromatic nitrogens is 3. The van der Waals surface area contributed by atoms with Crippen LogP contribution in [0.15, 0.2) is 42.9 Å². The number of benzene rings is 1. The molecule has 0 saturated heterocycles. The molecule has 8 nitrogen and oxygen atoms in total. The van der Waals surface area contributed by atoms with Crippen molar-refractivity contribution in [3.05, 3.63) is 53.4 Å². The molecule has 154 valence electrons. The molecule has 1 unspecified atom stereocenters. The molecule has 3 N–H and O–H groups in total. The Balaban J connectivity index is 1.47. The monoisotopic (exact) mass is 435 g/mol. The summed E-state index contributed by atoms with van der Waals surface area (Å²) in [6.07, 6.45) is 6.20. The predicted molar refractivity (Wildman–Crippen MR) is 112 cm³/mol. The third-order valence-electron chi connectivity index (χ3n) is 5.26. The third-order valence-corrected chi connectivity index (χ3v) is 5.97. The molecule has 1 aromatic carbocycles. The molecule has 0 radical (unpaired) electrons. The van der Waals surface area contributed by atoms with Crippen LogP contribution in [0.2, 0.25) is 5.02 Å². The van der Waals surface area contributed by atoms with Gasteiger partial charge in [0.2, 0.25) is 0 Å². The second-order valence-corrected chi connectivity index (χ2v) is 8.93. The topological polar surface area (TPSA) is 112 Å². The number of rotatable bonds is 7. The van der Waals surface area contributed by atoms with Gasteiger partial charge in [0, 0.05) is 23.8 Å². The lowest BCUT2D eigenvalue weighted by Crippen LogP contribution is -2.19. The van der Waals surface area contributed by atoms with Gasteiger partial charge in [-0.3, -0.25) is 4.18 Å². The standard InChI is InChI=1S/C19H22ClN5O3S/c20-15-4-1-13(2-5-15)10-22-18-17-7-8-25(19(17)24-12-23-18)16-6-3-14(9-16)11-28-29(21,26)27/h1-2,4-5,7-8,12,14,16H,3,6,9-11H2,(H2,21,26,27)(H,22,23,24)/t14-,16?/m0/s1. The molecule has 0 bridgehead atoms. The molecule has 0 aliphatic heterocycles. The van der Waals surface area contributed by atoms with Crippen molar-refractivity contribution in [1.82, 2.24) is 14.5 Å². The Kier molecular flexibility index (Phi) is 5.73. The molecule has 4 rings (SSSR count). The van der Waals surface area contributed by atoms with E-state index in [-0.39, 0.29) is 18.6 Å². The molecule has 2 aromatic heterocycles. The molecule has 2 atom stereocenters. The lowest BCUT2D eigenvalue weighted by atomic mass is 10.1. The number of nitrogens with zero attached hydrogens (tertiary/aromatic N) is 3. The zero-order chi connectivity index (χ0) is 20.4. The molecule has 1 aliphatic rings. The van der Waals surface area contributed by atoms with Gasteiger partial charge in [-0.15, -0.1) is 0 Å². The van der Waals surface area contributed by atoms with Gasteiger partial charge in [0.05, 0.1) is 12.0 Å². The maximum atomic E-state index is 11.0. The number of nitrogens with one attached hydrogen (secondary N) is 1. The van der Waals surface area contributed by atoms with E-state index in [1.165, 1.54) is 0 Å².